The maximum absolute atomic E-state index is 13.0. The standard InChI is InChI=1S/C23H27BrN4O2S/c1-4-28-22(30)20(25(3)23(28)31)11-16-13-27(19-6-5-17(24)12-18(16)19)14-21(29)26-9-7-15(2)8-10-26/h5-6,11-13,15H,4,7-10,14H2,1-3H3/b20-11-. The number of benzene rings is 1. The van der Waals surface area contributed by atoms with Crippen molar-refractivity contribution in [2.45, 2.75) is 33.2 Å². The van der Waals surface area contributed by atoms with Gasteiger partial charge >= 0.3 is 0 Å². The number of carbonyl (C=O) groups is 2. The highest BCUT2D eigenvalue weighted by Crippen LogP contribution is 2.30. The Labute approximate surface area is 196 Å². The SMILES string of the molecule is CCN1C(=O)/C(=C/c2cn(CC(=O)N3CCC(C)CC3)c3ccc(Br)cc23)N(C)C1=S. The lowest BCUT2D eigenvalue weighted by Crippen LogP contribution is -2.39. The summed E-state index contributed by atoms with van der Waals surface area (Å²) in [5.41, 5.74) is 2.41. The number of piperidine rings is 1. The molecule has 2 amide bonds. The third-order valence-electron chi connectivity index (χ3n) is 6.27. The summed E-state index contributed by atoms with van der Waals surface area (Å²) in [6.45, 7) is 6.63. The van der Waals surface area contributed by atoms with Crippen molar-refractivity contribution in [3.05, 3.63) is 40.1 Å². The fourth-order valence-corrected chi connectivity index (χ4v) is 4.96. The van der Waals surface area contributed by atoms with Crippen LogP contribution in [0.15, 0.2) is 34.6 Å². The van der Waals surface area contributed by atoms with Crippen LogP contribution < -0.4 is 0 Å². The van der Waals surface area contributed by atoms with Gasteiger partial charge in [0.05, 0.1) is 0 Å². The number of halogens is 1. The van der Waals surface area contributed by atoms with E-state index in [1.165, 1.54) is 0 Å². The van der Waals surface area contributed by atoms with Crippen molar-refractivity contribution in [2.75, 3.05) is 26.7 Å². The van der Waals surface area contributed by atoms with Crippen LogP contribution in [0, 0.1) is 5.92 Å². The van der Waals surface area contributed by atoms with Crippen molar-refractivity contribution in [3.8, 4) is 0 Å². The summed E-state index contributed by atoms with van der Waals surface area (Å²) in [4.78, 5) is 31.1. The first-order valence-electron chi connectivity index (χ1n) is 10.7. The molecule has 2 fully saturated rings. The molecule has 2 saturated heterocycles. The lowest BCUT2D eigenvalue weighted by Gasteiger charge is -2.30. The van der Waals surface area contributed by atoms with E-state index in [0.717, 1.165) is 46.9 Å². The topological polar surface area (TPSA) is 48.8 Å². The molecule has 0 unspecified atom stereocenters. The first-order chi connectivity index (χ1) is 14.8. The molecule has 0 radical (unpaired) electrons. The quantitative estimate of drug-likeness (QED) is 0.466. The minimum Gasteiger partial charge on any atom is -0.341 e. The molecule has 164 valence electrons. The Bertz CT molecular complexity index is 1080. The van der Waals surface area contributed by atoms with E-state index in [0.29, 0.717) is 29.8 Å². The summed E-state index contributed by atoms with van der Waals surface area (Å²) < 4.78 is 2.94. The Morgan fingerprint density at radius 3 is 2.65 bits per heavy atom. The van der Waals surface area contributed by atoms with Gasteiger partial charge in [-0.05, 0) is 62.2 Å². The summed E-state index contributed by atoms with van der Waals surface area (Å²) in [6, 6.07) is 6.01. The Hall–Kier alpha value is -2.19. The van der Waals surface area contributed by atoms with Gasteiger partial charge in [0, 0.05) is 53.8 Å². The molecule has 3 heterocycles. The first kappa shape index (κ1) is 22.0. The average Bonchev–Trinajstić information content (AvgIpc) is 3.17. The largest absolute Gasteiger partial charge is 0.341 e. The maximum atomic E-state index is 13.0. The van der Waals surface area contributed by atoms with E-state index in [4.69, 9.17) is 12.2 Å². The summed E-state index contributed by atoms with van der Waals surface area (Å²) in [6.07, 6.45) is 5.96. The molecule has 2 aromatic rings. The number of amides is 2. The molecule has 0 bridgehead atoms. The maximum Gasteiger partial charge on any atom is 0.276 e. The van der Waals surface area contributed by atoms with E-state index in [2.05, 4.69) is 22.9 Å². The zero-order chi connectivity index (χ0) is 22.3. The number of thiocarbonyl (C=S) groups is 1. The van der Waals surface area contributed by atoms with Gasteiger partial charge in [-0.15, -0.1) is 0 Å². The number of aromatic nitrogens is 1. The zero-order valence-electron chi connectivity index (χ0n) is 18.1. The fourth-order valence-electron chi connectivity index (χ4n) is 4.28. The second kappa shape index (κ2) is 8.74. The molecule has 1 aromatic carbocycles. The first-order valence-corrected chi connectivity index (χ1v) is 11.9. The van der Waals surface area contributed by atoms with Gasteiger partial charge in [-0.3, -0.25) is 14.5 Å². The van der Waals surface area contributed by atoms with Crippen LogP contribution in [0.2, 0.25) is 0 Å². The van der Waals surface area contributed by atoms with Crippen LogP contribution >= 0.6 is 28.1 Å². The number of rotatable bonds is 4. The predicted molar refractivity (Wildman–Crippen MR) is 130 cm³/mol. The van der Waals surface area contributed by atoms with Gasteiger partial charge in [-0.1, -0.05) is 22.9 Å². The molecule has 6 nitrogen and oxygen atoms in total. The zero-order valence-corrected chi connectivity index (χ0v) is 20.5. The molecule has 0 atom stereocenters. The molecule has 31 heavy (non-hydrogen) atoms. The van der Waals surface area contributed by atoms with Gasteiger partial charge in [0.2, 0.25) is 5.91 Å². The van der Waals surface area contributed by atoms with Crippen molar-refractivity contribution in [3.63, 3.8) is 0 Å². The Balaban J connectivity index is 1.69. The number of hydrogen-bond donors (Lipinski definition) is 0. The van der Waals surface area contributed by atoms with E-state index < -0.39 is 0 Å². The van der Waals surface area contributed by atoms with Gasteiger partial charge < -0.3 is 14.4 Å². The molecule has 1 aromatic heterocycles. The second-order valence-electron chi connectivity index (χ2n) is 8.36. The monoisotopic (exact) mass is 502 g/mol. The van der Waals surface area contributed by atoms with E-state index in [1.807, 2.05) is 53.9 Å². The average molecular weight is 503 g/mol. The summed E-state index contributed by atoms with van der Waals surface area (Å²) >= 11 is 8.97. The van der Waals surface area contributed by atoms with Crippen molar-refractivity contribution in [1.29, 1.82) is 0 Å². The molecule has 2 aliphatic rings. The third-order valence-corrected chi connectivity index (χ3v) is 7.26. The normalized spacial score (nSPS) is 19.4. The number of hydrogen-bond acceptors (Lipinski definition) is 3. The number of fused-ring (bicyclic) bond motifs is 1. The predicted octanol–water partition coefficient (Wildman–Crippen LogP) is 4.08. The summed E-state index contributed by atoms with van der Waals surface area (Å²) in [5, 5.41) is 1.50. The van der Waals surface area contributed by atoms with E-state index in [-0.39, 0.29) is 11.8 Å². The van der Waals surface area contributed by atoms with Gasteiger partial charge in [-0.2, -0.15) is 0 Å². The highest BCUT2D eigenvalue weighted by Gasteiger charge is 2.34. The lowest BCUT2D eigenvalue weighted by atomic mass is 9.99. The number of likely N-dealkylation sites (tertiary alicyclic amines) is 1. The number of likely N-dealkylation sites (N-methyl/N-ethyl adjacent to an activating group) is 2. The smallest absolute Gasteiger partial charge is 0.276 e. The van der Waals surface area contributed by atoms with Gasteiger partial charge in [0.15, 0.2) is 5.11 Å². The number of nitrogens with zero attached hydrogens (tertiary/aromatic N) is 4. The Morgan fingerprint density at radius 2 is 2.00 bits per heavy atom. The van der Waals surface area contributed by atoms with Gasteiger partial charge in [-0.25, -0.2) is 0 Å². The summed E-state index contributed by atoms with van der Waals surface area (Å²) in [7, 11) is 1.82. The van der Waals surface area contributed by atoms with Crippen LogP contribution in [0.3, 0.4) is 0 Å². The molecular formula is C23H27BrN4O2S. The molecule has 8 heteroatoms. The molecule has 0 aliphatic carbocycles. The van der Waals surface area contributed by atoms with Gasteiger partial charge in [0.1, 0.15) is 12.2 Å². The second-order valence-corrected chi connectivity index (χ2v) is 9.64. The van der Waals surface area contributed by atoms with Crippen molar-refractivity contribution in [2.24, 2.45) is 5.92 Å². The fraction of sp³-hybridized carbons (Fsp3) is 0.435. The van der Waals surface area contributed by atoms with E-state index in [9.17, 15) is 9.59 Å². The van der Waals surface area contributed by atoms with E-state index in [1.54, 1.807) is 9.80 Å². The lowest BCUT2D eigenvalue weighted by molar-refractivity contribution is -0.133. The Kier molecular flexibility index (Phi) is 6.21. The minimum atomic E-state index is -0.0931. The highest BCUT2D eigenvalue weighted by atomic mass is 79.9. The molecule has 0 saturated carbocycles. The minimum absolute atomic E-state index is 0.0931. The van der Waals surface area contributed by atoms with Crippen LogP contribution in [0.25, 0.3) is 17.0 Å². The molecule has 0 spiro atoms. The van der Waals surface area contributed by atoms with Crippen molar-refractivity contribution < 1.29 is 9.59 Å². The number of carbonyl (C=O) groups excluding carboxylic acids is 2. The van der Waals surface area contributed by atoms with Crippen LogP contribution in [0.1, 0.15) is 32.3 Å². The van der Waals surface area contributed by atoms with Crippen LogP contribution in [0.5, 0.6) is 0 Å². The van der Waals surface area contributed by atoms with Crippen LogP contribution in [0.4, 0.5) is 0 Å². The van der Waals surface area contributed by atoms with Crippen LogP contribution in [-0.4, -0.2) is 62.9 Å². The molecule has 0 N–H and O–H groups in total. The highest BCUT2D eigenvalue weighted by molar-refractivity contribution is 9.10. The van der Waals surface area contributed by atoms with Crippen LogP contribution in [-0.2, 0) is 16.1 Å². The third kappa shape index (κ3) is 4.15. The van der Waals surface area contributed by atoms with E-state index >= 15 is 0 Å². The molecule has 4 rings (SSSR count). The van der Waals surface area contributed by atoms with Crippen molar-refractivity contribution >= 4 is 62.1 Å². The Morgan fingerprint density at radius 1 is 1.29 bits per heavy atom. The van der Waals surface area contributed by atoms with Gasteiger partial charge in [0.25, 0.3) is 5.91 Å². The summed E-state index contributed by atoms with van der Waals surface area (Å²) in [5.74, 6) is 0.726. The molecule has 2 aliphatic heterocycles. The van der Waals surface area contributed by atoms with Crippen molar-refractivity contribution in [1.82, 2.24) is 19.3 Å². The molecular weight excluding hydrogens is 476 g/mol.